The average molecular weight is 1130 g/mol. The summed E-state index contributed by atoms with van der Waals surface area (Å²) in [7, 11) is -4.91. The Labute approximate surface area is 456 Å². The normalized spacial score (nSPS) is 27.3. The van der Waals surface area contributed by atoms with E-state index >= 15 is 8.42 Å². The number of aliphatic hydroxyl groups is 3. The first-order valence-electron chi connectivity index (χ1n) is 26.7. The molecular weight excluding hydrogens is 1050 g/mol. The molecule has 9 amide bonds. The predicted octanol–water partition coefficient (Wildman–Crippen LogP) is -2.44. The van der Waals surface area contributed by atoms with Crippen LogP contribution in [0.2, 0.25) is 0 Å². The highest BCUT2D eigenvalue weighted by atomic mass is 32.2. The first kappa shape index (κ1) is 61.4. The number of hydrogen-bond donors (Lipinski definition) is 10. The van der Waals surface area contributed by atoms with Crippen molar-refractivity contribution >= 4 is 85.5 Å². The number of aliphatic hydroxyl groups excluding tert-OH is 3. The molecule has 4 aliphatic heterocycles. The van der Waals surface area contributed by atoms with E-state index in [-0.39, 0.29) is 53.0 Å². The SMILES string of the molecule is CC[C@H](C)[C@@H]1NC(=O)CNC(=O)[C@H]2CC(=O)[C@H]([C@@H](C)[C@@H](O)CO)NC(=O)[C@@H]3CC(O)CN3C(=O)[C@H](CC(N)=O)CC(=O)[C@H](CS(=O)(=O)c3[nH]c4cc(OCCCCCCN5C(=O)CC(C)C5=O)ccc4c3C2)NC(=O)CNC1=O. The number of nitrogens with zero attached hydrogens (tertiary/aromatic N) is 2. The fraction of sp³-hybridized carbons (Fsp3) is 0.635. The van der Waals surface area contributed by atoms with E-state index in [9.17, 15) is 68.1 Å². The number of aromatic amines is 1. The number of aromatic nitrogens is 1. The van der Waals surface area contributed by atoms with Crippen LogP contribution in [0.4, 0.5) is 0 Å². The van der Waals surface area contributed by atoms with Crippen LogP contribution in [0.5, 0.6) is 5.75 Å². The monoisotopic (exact) mass is 1130 g/mol. The standard InChI is InChI=1S/C52H73N9O17S/c1-5-26(2)45-49(73)55-21-42(68)56-36-25-79(76,77)50-34(33-11-10-32(20-35(33)57-50)78-13-9-7-6-8-12-60-44(70)14-27(3)51(60)74)15-29(47(71)54-22-43(69)58-45)16-39(65)46(28(4)40(66)24-62)59-48(72)37-19-31(63)23-61(37)52(75)30(17-38(36)64)18-41(53)67/h10-11,20,26-31,36-37,40,45-46,57,62-63,66H,5-9,12-19,21-25H2,1-4H3,(H2,53,67)(H,54,71)(H,55,73)(H,56,68)(H,58,69)(H,59,72)/t26-,27?,28-,29+,30-,31?,36-,37-,40-,45-,46-/m0/s1. The van der Waals surface area contributed by atoms with Crippen LogP contribution in [0.3, 0.4) is 0 Å². The highest BCUT2D eigenvalue weighted by molar-refractivity contribution is 7.91. The van der Waals surface area contributed by atoms with Crippen LogP contribution < -0.4 is 37.1 Å². The molecule has 434 valence electrons. The summed E-state index contributed by atoms with van der Waals surface area (Å²) >= 11 is 0. The lowest BCUT2D eigenvalue weighted by Crippen LogP contribution is -2.56. The number of likely N-dealkylation sites (tertiary alicyclic amines) is 1. The molecule has 11 N–H and O–H groups in total. The second kappa shape index (κ2) is 26.9. The van der Waals surface area contributed by atoms with Crippen molar-refractivity contribution in [3.63, 3.8) is 0 Å². The van der Waals surface area contributed by atoms with E-state index in [1.807, 2.05) is 0 Å². The third-order valence-corrected chi connectivity index (χ3v) is 17.0. The molecule has 26 nitrogen and oxygen atoms in total. The van der Waals surface area contributed by atoms with Crippen molar-refractivity contribution in [2.75, 3.05) is 45.1 Å². The molecular formula is C52H73N9O17S. The Bertz CT molecular complexity index is 2800. The van der Waals surface area contributed by atoms with Gasteiger partial charge in [-0.25, -0.2) is 8.42 Å². The third-order valence-electron chi connectivity index (χ3n) is 15.3. The van der Waals surface area contributed by atoms with Gasteiger partial charge in [0, 0.05) is 74.4 Å². The molecule has 2 fully saturated rings. The van der Waals surface area contributed by atoms with Crippen molar-refractivity contribution in [1.29, 1.82) is 0 Å². The van der Waals surface area contributed by atoms with Gasteiger partial charge >= 0.3 is 0 Å². The van der Waals surface area contributed by atoms with E-state index < -0.39 is 192 Å². The van der Waals surface area contributed by atoms with Crippen molar-refractivity contribution in [3.8, 4) is 5.75 Å². The summed E-state index contributed by atoms with van der Waals surface area (Å²) in [5.41, 5.74) is 5.60. The number of nitrogens with two attached hydrogens (primary N) is 1. The fourth-order valence-corrected chi connectivity index (χ4v) is 12.2. The van der Waals surface area contributed by atoms with Crippen LogP contribution >= 0.6 is 0 Å². The largest absolute Gasteiger partial charge is 0.494 e. The minimum absolute atomic E-state index is 0.103. The quantitative estimate of drug-likeness (QED) is 0.0654. The van der Waals surface area contributed by atoms with Gasteiger partial charge in [-0.15, -0.1) is 0 Å². The topological polar surface area (TPSA) is 400 Å². The number of carbonyl (C=O) groups is 11. The summed E-state index contributed by atoms with van der Waals surface area (Å²) in [4.78, 5) is 156. The molecule has 27 heteroatoms. The Kier molecular flexibility index (Phi) is 20.9. The lowest BCUT2D eigenvalue weighted by atomic mass is 9.85. The molecule has 11 atom stereocenters. The number of hydrogen-bond acceptors (Lipinski definition) is 17. The van der Waals surface area contributed by atoms with Crippen molar-refractivity contribution in [2.45, 2.75) is 140 Å². The maximum Gasteiger partial charge on any atom is 0.243 e. The van der Waals surface area contributed by atoms with Gasteiger partial charge < -0.3 is 62.3 Å². The number of ether oxygens (including phenoxy) is 1. The second-order valence-corrected chi connectivity index (χ2v) is 23.2. The van der Waals surface area contributed by atoms with Crippen molar-refractivity contribution in [1.82, 2.24) is 41.4 Å². The average Bonchev–Trinajstić information content (AvgIpc) is 4.17. The molecule has 1 aromatic heterocycles. The molecule has 0 aliphatic carbocycles. The van der Waals surface area contributed by atoms with Crippen molar-refractivity contribution in [3.05, 3.63) is 23.8 Å². The highest BCUT2D eigenvalue weighted by Gasteiger charge is 2.46. The van der Waals surface area contributed by atoms with Gasteiger partial charge in [0.05, 0.1) is 61.7 Å². The van der Waals surface area contributed by atoms with Gasteiger partial charge in [0.2, 0.25) is 53.2 Å². The molecule has 6 rings (SSSR count). The maximum absolute atomic E-state index is 15.1. The maximum atomic E-state index is 15.1. The van der Waals surface area contributed by atoms with E-state index in [1.165, 1.54) is 30.0 Å². The van der Waals surface area contributed by atoms with Gasteiger partial charge in [0.25, 0.3) is 0 Å². The zero-order valence-electron chi connectivity index (χ0n) is 44.7. The molecule has 2 bridgehead atoms. The number of primary amides is 1. The number of amides is 9. The number of H-pyrrole nitrogens is 1. The van der Waals surface area contributed by atoms with Gasteiger partial charge in [-0.2, -0.15) is 0 Å². The summed E-state index contributed by atoms with van der Waals surface area (Å²) in [6.45, 7) is 3.86. The van der Waals surface area contributed by atoms with Crippen LogP contribution in [-0.2, 0) is 69.0 Å². The Morgan fingerprint density at radius 1 is 0.835 bits per heavy atom. The number of unbranched alkanes of at least 4 members (excludes halogenated alkanes) is 3. The Morgan fingerprint density at radius 2 is 1.52 bits per heavy atom. The van der Waals surface area contributed by atoms with Gasteiger partial charge in [0.1, 0.15) is 28.9 Å². The molecule has 0 spiro atoms. The number of benzene rings is 1. The molecule has 79 heavy (non-hydrogen) atoms. The fourth-order valence-electron chi connectivity index (χ4n) is 10.5. The third kappa shape index (κ3) is 15.3. The smallest absolute Gasteiger partial charge is 0.243 e. The zero-order valence-corrected chi connectivity index (χ0v) is 45.6. The molecule has 1 aromatic carbocycles. The summed E-state index contributed by atoms with van der Waals surface area (Å²) < 4.78 is 36.3. The summed E-state index contributed by atoms with van der Waals surface area (Å²) in [5.74, 6) is -15.9. The van der Waals surface area contributed by atoms with Gasteiger partial charge in [-0.05, 0) is 42.9 Å². The molecule has 2 unspecified atom stereocenters. The van der Waals surface area contributed by atoms with Crippen LogP contribution in [-0.4, -0.2) is 185 Å². The number of rotatable bonds is 15. The number of carbonyl (C=O) groups excluding carboxylic acids is 11. The van der Waals surface area contributed by atoms with E-state index in [1.54, 1.807) is 20.8 Å². The molecule has 4 aliphatic rings. The molecule has 5 heterocycles. The van der Waals surface area contributed by atoms with E-state index in [0.29, 0.717) is 38.6 Å². The number of Topliss-reactive ketones (excluding diaryl/α,β-unsaturated/α-hetero) is 2. The van der Waals surface area contributed by atoms with Crippen LogP contribution in [0.15, 0.2) is 23.2 Å². The highest BCUT2D eigenvalue weighted by Crippen LogP contribution is 2.34. The Hall–Kier alpha value is -6.84. The number of fused-ring (bicyclic) bond motifs is 5. The summed E-state index contributed by atoms with van der Waals surface area (Å²) in [6.07, 6.45) is -3.61. The van der Waals surface area contributed by atoms with E-state index in [0.717, 1.165) is 4.90 Å². The minimum atomic E-state index is -4.91. The van der Waals surface area contributed by atoms with Crippen molar-refractivity contribution in [2.24, 2.45) is 35.3 Å². The molecule has 2 aromatic rings. The number of sulfone groups is 1. The van der Waals surface area contributed by atoms with E-state index in [4.69, 9.17) is 10.5 Å². The first-order valence-corrected chi connectivity index (χ1v) is 28.4. The van der Waals surface area contributed by atoms with Crippen molar-refractivity contribution < 1.29 is 81.2 Å². The zero-order chi connectivity index (χ0) is 58.0. The minimum Gasteiger partial charge on any atom is -0.494 e. The van der Waals surface area contributed by atoms with Crippen LogP contribution in [0.1, 0.15) is 97.5 Å². The number of ketones is 2. The van der Waals surface area contributed by atoms with Crippen LogP contribution in [0.25, 0.3) is 10.9 Å². The second-order valence-electron chi connectivity index (χ2n) is 21.3. The van der Waals surface area contributed by atoms with Crippen LogP contribution in [0, 0.1) is 29.6 Å². The van der Waals surface area contributed by atoms with Gasteiger partial charge in [0.15, 0.2) is 21.4 Å². The summed E-state index contributed by atoms with van der Waals surface area (Å²) in [5, 5.41) is 43.7. The predicted molar refractivity (Wildman–Crippen MR) is 278 cm³/mol. The van der Waals surface area contributed by atoms with E-state index in [2.05, 4.69) is 31.6 Å². The Morgan fingerprint density at radius 3 is 2.18 bits per heavy atom. The van der Waals surface area contributed by atoms with Gasteiger partial charge in [-0.3, -0.25) is 57.6 Å². The Balaban J connectivity index is 1.46. The number of nitrogens with one attached hydrogen (secondary N) is 6. The molecule has 2 saturated heterocycles. The van der Waals surface area contributed by atoms with Gasteiger partial charge in [-0.1, -0.05) is 47.0 Å². The first-order chi connectivity index (χ1) is 37.3. The molecule has 0 radical (unpaired) electrons. The lowest BCUT2D eigenvalue weighted by Gasteiger charge is -2.32. The number of imide groups is 1. The molecule has 0 saturated carbocycles. The summed E-state index contributed by atoms with van der Waals surface area (Å²) in [6, 6.07) is -2.11. The lowest BCUT2D eigenvalue weighted by molar-refractivity contribution is -0.145.